The maximum atomic E-state index is 12.5. The van der Waals surface area contributed by atoms with Crippen molar-refractivity contribution >= 4 is 13.7 Å². The number of phosphoric ester groups is 1. The molecule has 0 saturated heterocycles. The van der Waals surface area contributed by atoms with Crippen LogP contribution >= 0.6 is 7.82 Å². The highest BCUT2D eigenvalue weighted by Gasteiger charge is 2.26. The van der Waals surface area contributed by atoms with Gasteiger partial charge >= 0.3 is 7.82 Å². The van der Waals surface area contributed by atoms with E-state index >= 15 is 0 Å². The predicted molar refractivity (Wildman–Crippen MR) is 157 cm³/mol. The zero-order valence-corrected chi connectivity index (χ0v) is 24.8. The fraction of sp³-hybridized carbons (Fsp3) is 0.759. The van der Waals surface area contributed by atoms with Crippen LogP contribution < -0.4 is 11.1 Å². The summed E-state index contributed by atoms with van der Waals surface area (Å²) in [7, 11) is -4.33. The summed E-state index contributed by atoms with van der Waals surface area (Å²) in [5.74, 6) is -0.223. The van der Waals surface area contributed by atoms with Gasteiger partial charge in [-0.05, 0) is 51.4 Å². The van der Waals surface area contributed by atoms with E-state index < -0.39 is 20.0 Å². The van der Waals surface area contributed by atoms with E-state index in [0.29, 0.717) is 6.42 Å². The van der Waals surface area contributed by atoms with Crippen LogP contribution in [0.15, 0.2) is 36.5 Å². The Hall–Kier alpha value is -1.28. The molecule has 9 heteroatoms. The number of rotatable bonds is 26. The first kappa shape index (κ1) is 36.7. The van der Waals surface area contributed by atoms with Gasteiger partial charge in [0.1, 0.15) is 0 Å². The van der Waals surface area contributed by atoms with Gasteiger partial charge in [0, 0.05) is 13.0 Å². The molecule has 5 N–H and O–H groups in total. The molecule has 0 spiro atoms. The van der Waals surface area contributed by atoms with E-state index in [1.54, 1.807) is 6.08 Å². The fourth-order valence-corrected chi connectivity index (χ4v) is 4.43. The van der Waals surface area contributed by atoms with Crippen LogP contribution in [0.1, 0.15) is 110 Å². The van der Waals surface area contributed by atoms with Crippen molar-refractivity contribution < 1.29 is 28.4 Å². The highest BCUT2D eigenvalue weighted by molar-refractivity contribution is 7.47. The number of hydrogen-bond acceptors (Lipinski definition) is 6. The van der Waals surface area contributed by atoms with Crippen LogP contribution in [-0.2, 0) is 18.4 Å². The number of unbranched alkanes of at least 4 members (excludes halogenated alkanes) is 10. The summed E-state index contributed by atoms with van der Waals surface area (Å²) >= 11 is 0. The van der Waals surface area contributed by atoms with Gasteiger partial charge in [-0.2, -0.15) is 0 Å². The van der Waals surface area contributed by atoms with Crippen LogP contribution in [0.4, 0.5) is 0 Å². The van der Waals surface area contributed by atoms with Crippen LogP contribution in [0.25, 0.3) is 0 Å². The summed E-state index contributed by atoms with van der Waals surface area (Å²) in [5.41, 5.74) is 5.31. The maximum absolute atomic E-state index is 12.5. The molecule has 0 aromatic rings. The quantitative estimate of drug-likeness (QED) is 0.0542. The summed E-state index contributed by atoms with van der Waals surface area (Å²) < 4.78 is 21.8. The highest BCUT2D eigenvalue weighted by atomic mass is 31.2. The minimum Gasteiger partial charge on any atom is -0.387 e. The third-order valence-corrected chi connectivity index (χ3v) is 6.90. The average Bonchev–Trinajstić information content (AvgIpc) is 2.89. The number of nitrogens with one attached hydrogen (secondary N) is 1. The van der Waals surface area contributed by atoms with Gasteiger partial charge in [0.2, 0.25) is 5.91 Å². The van der Waals surface area contributed by atoms with Crippen LogP contribution in [0.5, 0.6) is 0 Å². The molecule has 0 fully saturated rings. The van der Waals surface area contributed by atoms with E-state index in [4.69, 9.17) is 14.8 Å². The second-order valence-electron chi connectivity index (χ2n) is 9.59. The molecule has 38 heavy (non-hydrogen) atoms. The number of aliphatic hydroxyl groups excluding tert-OH is 1. The molecule has 0 radical (unpaired) electrons. The number of aliphatic hydroxyl groups is 1. The SMILES string of the molecule is CCC/C=C\CCCCCCCC(=O)NC(COP(=O)(O)OCCN)C(O)/C=C/CC/C=C/CCCCC. The molecule has 3 atom stereocenters. The molecule has 8 nitrogen and oxygen atoms in total. The van der Waals surface area contributed by atoms with Crippen molar-refractivity contribution in [1.82, 2.24) is 5.32 Å². The lowest BCUT2D eigenvalue weighted by atomic mass is 10.1. The zero-order valence-electron chi connectivity index (χ0n) is 23.9. The highest BCUT2D eigenvalue weighted by Crippen LogP contribution is 2.43. The molecular weight excluding hydrogens is 503 g/mol. The van der Waals surface area contributed by atoms with Crippen molar-refractivity contribution in [2.45, 2.75) is 122 Å². The Bertz CT molecular complexity index is 699. The molecule has 0 aliphatic carbocycles. The molecule has 0 aliphatic rings. The monoisotopic (exact) mass is 558 g/mol. The van der Waals surface area contributed by atoms with E-state index in [0.717, 1.165) is 64.2 Å². The van der Waals surface area contributed by atoms with Crippen molar-refractivity contribution in [1.29, 1.82) is 0 Å². The van der Waals surface area contributed by atoms with Crippen molar-refractivity contribution in [3.8, 4) is 0 Å². The Labute approximate surface area is 231 Å². The Kier molecular flexibility index (Phi) is 25.1. The van der Waals surface area contributed by atoms with Crippen molar-refractivity contribution in [2.75, 3.05) is 19.8 Å². The van der Waals surface area contributed by atoms with E-state index in [-0.39, 0.29) is 25.7 Å². The first-order chi connectivity index (χ1) is 18.4. The number of hydrogen-bond donors (Lipinski definition) is 4. The molecule has 0 heterocycles. The van der Waals surface area contributed by atoms with Crippen LogP contribution in [0.3, 0.4) is 0 Å². The lowest BCUT2D eigenvalue weighted by molar-refractivity contribution is -0.123. The van der Waals surface area contributed by atoms with E-state index in [1.165, 1.54) is 25.7 Å². The van der Waals surface area contributed by atoms with Gasteiger partial charge < -0.3 is 21.1 Å². The summed E-state index contributed by atoms with van der Waals surface area (Å²) in [6.07, 6.45) is 26.3. The summed E-state index contributed by atoms with van der Waals surface area (Å²) in [6.45, 7) is 3.93. The first-order valence-corrected chi connectivity index (χ1v) is 16.1. The van der Waals surface area contributed by atoms with E-state index in [1.807, 2.05) is 6.08 Å². The number of allylic oxidation sites excluding steroid dienone is 5. The number of amides is 1. The van der Waals surface area contributed by atoms with Gasteiger partial charge in [0.15, 0.2) is 0 Å². The van der Waals surface area contributed by atoms with Crippen LogP contribution in [0, 0.1) is 0 Å². The topological polar surface area (TPSA) is 131 Å². The van der Waals surface area contributed by atoms with Gasteiger partial charge in [-0.3, -0.25) is 13.8 Å². The lowest BCUT2D eigenvalue weighted by Gasteiger charge is -2.23. The molecule has 0 rings (SSSR count). The Morgan fingerprint density at radius 2 is 1.45 bits per heavy atom. The van der Waals surface area contributed by atoms with Gasteiger partial charge in [-0.15, -0.1) is 0 Å². The Morgan fingerprint density at radius 3 is 2.13 bits per heavy atom. The Morgan fingerprint density at radius 1 is 0.842 bits per heavy atom. The molecule has 0 aromatic heterocycles. The molecule has 1 amide bonds. The van der Waals surface area contributed by atoms with Crippen molar-refractivity contribution in [3.05, 3.63) is 36.5 Å². The predicted octanol–water partition coefficient (Wildman–Crippen LogP) is 6.48. The average molecular weight is 559 g/mol. The van der Waals surface area contributed by atoms with Crippen LogP contribution in [-0.4, -0.2) is 47.8 Å². The van der Waals surface area contributed by atoms with E-state index in [9.17, 15) is 19.4 Å². The number of carbonyl (C=O) groups excluding carboxylic acids is 1. The lowest BCUT2D eigenvalue weighted by Crippen LogP contribution is -2.45. The number of nitrogens with two attached hydrogens (primary N) is 1. The summed E-state index contributed by atoms with van der Waals surface area (Å²) in [5, 5.41) is 13.4. The van der Waals surface area contributed by atoms with Gasteiger partial charge in [0.05, 0.1) is 25.4 Å². The summed E-state index contributed by atoms with van der Waals surface area (Å²) in [6, 6.07) is -0.875. The first-order valence-electron chi connectivity index (χ1n) is 14.6. The Balaban J connectivity index is 4.57. The molecule has 222 valence electrons. The second-order valence-corrected chi connectivity index (χ2v) is 11.0. The molecule has 0 bridgehead atoms. The molecule has 0 aromatic carbocycles. The number of carbonyl (C=O) groups is 1. The van der Waals surface area contributed by atoms with Gasteiger partial charge in [0.25, 0.3) is 0 Å². The fourth-order valence-electron chi connectivity index (χ4n) is 3.67. The van der Waals surface area contributed by atoms with Crippen molar-refractivity contribution in [2.24, 2.45) is 5.73 Å². The van der Waals surface area contributed by atoms with Crippen LogP contribution in [0.2, 0.25) is 0 Å². The summed E-state index contributed by atoms with van der Waals surface area (Å²) in [4.78, 5) is 22.3. The minimum absolute atomic E-state index is 0.0715. The zero-order chi connectivity index (χ0) is 28.3. The van der Waals surface area contributed by atoms with Gasteiger partial charge in [-0.1, -0.05) is 88.8 Å². The maximum Gasteiger partial charge on any atom is 0.472 e. The largest absolute Gasteiger partial charge is 0.472 e. The molecule has 0 saturated carbocycles. The molecule has 3 unspecified atom stereocenters. The normalized spacial score (nSPS) is 15.4. The third-order valence-electron chi connectivity index (χ3n) is 5.92. The van der Waals surface area contributed by atoms with Gasteiger partial charge in [-0.25, -0.2) is 4.57 Å². The number of phosphoric acid groups is 1. The standard InChI is InChI=1S/C29H55N2O6P/c1-3-5-7-9-11-13-15-17-19-21-23-29(33)31-27(26-37-38(34,35)36-25-24-30)28(32)22-20-18-16-14-12-10-8-6-4-2/h7,9,12,14,20,22,27-28,32H,3-6,8,10-11,13,15-19,21,23-26,30H2,1-2H3,(H,31,33)(H,34,35)/b9-7-,14-12+,22-20+. The third kappa shape index (κ3) is 23.8. The molecular formula is C29H55N2O6P. The smallest absolute Gasteiger partial charge is 0.387 e. The van der Waals surface area contributed by atoms with E-state index in [2.05, 4.69) is 43.5 Å². The minimum atomic E-state index is -4.33. The second kappa shape index (κ2) is 26.0. The molecule has 0 aliphatic heterocycles. The van der Waals surface area contributed by atoms with Crippen molar-refractivity contribution in [3.63, 3.8) is 0 Å².